The van der Waals surface area contributed by atoms with Gasteiger partial charge in [0.25, 0.3) is 5.91 Å². The van der Waals surface area contributed by atoms with Gasteiger partial charge in [0.15, 0.2) is 0 Å². The van der Waals surface area contributed by atoms with Gasteiger partial charge in [0.2, 0.25) is 0 Å². The summed E-state index contributed by atoms with van der Waals surface area (Å²) in [6.45, 7) is 2.28. The van der Waals surface area contributed by atoms with Crippen molar-refractivity contribution in [3.8, 4) is 10.6 Å². The third-order valence-corrected chi connectivity index (χ3v) is 4.03. The lowest BCUT2D eigenvalue weighted by atomic mass is 10.2. The van der Waals surface area contributed by atoms with Gasteiger partial charge in [-0.15, -0.1) is 11.3 Å². The molecule has 1 heterocycles. The zero-order valence-corrected chi connectivity index (χ0v) is 12.2. The summed E-state index contributed by atoms with van der Waals surface area (Å²) in [6, 6.07) is 6.00. The minimum atomic E-state index is -0.293. The molecule has 2 N–H and O–H groups in total. The fourth-order valence-electron chi connectivity index (χ4n) is 1.64. The SMILES string of the molecule is CC(CN)N(C)C(=O)c1csc(-c2ccc(F)cc2)n1. The van der Waals surface area contributed by atoms with Gasteiger partial charge in [-0.2, -0.15) is 0 Å². The van der Waals surface area contributed by atoms with E-state index in [1.165, 1.54) is 23.5 Å². The number of benzene rings is 1. The minimum Gasteiger partial charge on any atom is -0.336 e. The molecule has 0 fully saturated rings. The summed E-state index contributed by atoms with van der Waals surface area (Å²) >= 11 is 1.36. The van der Waals surface area contributed by atoms with Crippen molar-refractivity contribution in [1.29, 1.82) is 0 Å². The van der Waals surface area contributed by atoms with E-state index in [1.54, 1.807) is 29.5 Å². The number of likely N-dealkylation sites (N-methyl/N-ethyl adjacent to an activating group) is 1. The second-order valence-corrected chi connectivity index (χ2v) is 5.40. The van der Waals surface area contributed by atoms with E-state index in [1.807, 2.05) is 6.92 Å². The van der Waals surface area contributed by atoms with E-state index >= 15 is 0 Å². The number of hydrogen-bond acceptors (Lipinski definition) is 4. The number of aromatic nitrogens is 1. The van der Waals surface area contributed by atoms with Crippen molar-refractivity contribution in [3.05, 3.63) is 41.2 Å². The van der Waals surface area contributed by atoms with Gasteiger partial charge >= 0.3 is 0 Å². The summed E-state index contributed by atoms with van der Waals surface area (Å²) in [6.07, 6.45) is 0. The van der Waals surface area contributed by atoms with Crippen molar-refractivity contribution in [2.45, 2.75) is 13.0 Å². The lowest BCUT2D eigenvalue weighted by molar-refractivity contribution is 0.0743. The monoisotopic (exact) mass is 293 g/mol. The molecule has 1 atom stereocenters. The molecular formula is C14H16FN3OS. The molecule has 0 radical (unpaired) electrons. The maximum Gasteiger partial charge on any atom is 0.273 e. The molecule has 0 aliphatic heterocycles. The molecule has 1 amide bonds. The molecule has 106 valence electrons. The molecule has 0 bridgehead atoms. The van der Waals surface area contributed by atoms with Crippen LogP contribution in [0.5, 0.6) is 0 Å². The Kier molecular flexibility index (Phi) is 4.46. The van der Waals surface area contributed by atoms with Crippen molar-refractivity contribution in [2.24, 2.45) is 5.73 Å². The molecule has 0 saturated heterocycles. The van der Waals surface area contributed by atoms with Gasteiger partial charge in [-0.05, 0) is 31.2 Å². The number of carbonyl (C=O) groups is 1. The van der Waals surface area contributed by atoms with Crippen LogP contribution >= 0.6 is 11.3 Å². The average molecular weight is 293 g/mol. The van der Waals surface area contributed by atoms with Gasteiger partial charge in [0.1, 0.15) is 16.5 Å². The van der Waals surface area contributed by atoms with Gasteiger partial charge in [-0.3, -0.25) is 4.79 Å². The van der Waals surface area contributed by atoms with Crippen LogP contribution in [0.1, 0.15) is 17.4 Å². The lowest BCUT2D eigenvalue weighted by Gasteiger charge is -2.22. The first-order chi connectivity index (χ1) is 9.52. The summed E-state index contributed by atoms with van der Waals surface area (Å²) < 4.78 is 12.9. The van der Waals surface area contributed by atoms with E-state index in [4.69, 9.17) is 5.73 Å². The smallest absolute Gasteiger partial charge is 0.273 e. The highest BCUT2D eigenvalue weighted by molar-refractivity contribution is 7.13. The van der Waals surface area contributed by atoms with Gasteiger partial charge in [0, 0.05) is 30.6 Å². The molecule has 2 rings (SSSR count). The number of amides is 1. The van der Waals surface area contributed by atoms with Gasteiger partial charge < -0.3 is 10.6 Å². The van der Waals surface area contributed by atoms with Gasteiger partial charge in [0.05, 0.1) is 0 Å². The molecule has 20 heavy (non-hydrogen) atoms. The first-order valence-corrected chi connectivity index (χ1v) is 7.09. The largest absolute Gasteiger partial charge is 0.336 e. The fraction of sp³-hybridized carbons (Fsp3) is 0.286. The minimum absolute atomic E-state index is 0.0431. The Morgan fingerprint density at radius 1 is 1.45 bits per heavy atom. The van der Waals surface area contributed by atoms with Crippen LogP contribution in [-0.2, 0) is 0 Å². The van der Waals surface area contributed by atoms with Crippen molar-refractivity contribution < 1.29 is 9.18 Å². The summed E-state index contributed by atoms with van der Waals surface area (Å²) in [5, 5.41) is 2.41. The predicted octanol–water partition coefficient (Wildman–Crippen LogP) is 2.37. The van der Waals surface area contributed by atoms with Gasteiger partial charge in [-0.1, -0.05) is 0 Å². The van der Waals surface area contributed by atoms with Gasteiger partial charge in [-0.25, -0.2) is 9.37 Å². The molecule has 0 aliphatic carbocycles. The van der Waals surface area contributed by atoms with Crippen LogP contribution in [0, 0.1) is 5.82 Å². The number of halogens is 1. The molecule has 2 aromatic rings. The van der Waals surface area contributed by atoms with Crippen molar-refractivity contribution in [1.82, 2.24) is 9.88 Å². The van der Waals surface area contributed by atoms with Crippen LogP contribution in [0.2, 0.25) is 0 Å². The van der Waals surface area contributed by atoms with Crippen LogP contribution in [0.15, 0.2) is 29.6 Å². The van der Waals surface area contributed by atoms with Crippen LogP contribution < -0.4 is 5.73 Å². The maximum atomic E-state index is 12.9. The third-order valence-electron chi connectivity index (χ3n) is 3.14. The Balaban J connectivity index is 2.20. The van der Waals surface area contributed by atoms with Crippen molar-refractivity contribution in [2.75, 3.05) is 13.6 Å². The van der Waals surface area contributed by atoms with E-state index in [2.05, 4.69) is 4.98 Å². The number of nitrogens with zero attached hydrogens (tertiary/aromatic N) is 2. The topological polar surface area (TPSA) is 59.2 Å². The van der Waals surface area contributed by atoms with Crippen molar-refractivity contribution in [3.63, 3.8) is 0 Å². The van der Waals surface area contributed by atoms with Crippen LogP contribution in [-0.4, -0.2) is 35.4 Å². The number of nitrogens with two attached hydrogens (primary N) is 1. The highest BCUT2D eigenvalue weighted by Crippen LogP contribution is 2.24. The molecule has 1 aromatic heterocycles. The van der Waals surface area contributed by atoms with E-state index < -0.39 is 0 Å². The van der Waals surface area contributed by atoms with Crippen LogP contribution in [0.4, 0.5) is 4.39 Å². The molecule has 1 aromatic carbocycles. The van der Waals surface area contributed by atoms with E-state index in [0.29, 0.717) is 17.2 Å². The van der Waals surface area contributed by atoms with Crippen LogP contribution in [0.3, 0.4) is 0 Å². The Hall–Kier alpha value is -1.79. The Morgan fingerprint density at radius 2 is 2.10 bits per heavy atom. The van der Waals surface area contributed by atoms with Crippen molar-refractivity contribution >= 4 is 17.2 Å². The molecule has 1 unspecified atom stereocenters. The second kappa shape index (κ2) is 6.11. The van der Waals surface area contributed by atoms with E-state index in [0.717, 1.165) is 5.56 Å². The Morgan fingerprint density at radius 3 is 2.70 bits per heavy atom. The first-order valence-electron chi connectivity index (χ1n) is 6.21. The Labute approximate surface area is 121 Å². The molecule has 4 nitrogen and oxygen atoms in total. The highest BCUT2D eigenvalue weighted by atomic mass is 32.1. The number of rotatable bonds is 4. The summed E-state index contributed by atoms with van der Waals surface area (Å²) in [5.74, 6) is -0.453. The normalized spacial score (nSPS) is 12.2. The summed E-state index contributed by atoms with van der Waals surface area (Å²) in [7, 11) is 1.71. The summed E-state index contributed by atoms with van der Waals surface area (Å²) in [4.78, 5) is 18.1. The predicted molar refractivity (Wildman–Crippen MR) is 78.1 cm³/mol. The standard InChI is InChI=1S/C14H16FN3OS/c1-9(7-16)18(2)14(19)12-8-20-13(17-12)10-3-5-11(15)6-4-10/h3-6,8-9H,7,16H2,1-2H3. The Bertz CT molecular complexity index is 597. The molecule has 0 spiro atoms. The maximum absolute atomic E-state index is 12.9. The molecule has 6 heteroatoms. The zero-order valence-electron chi connectivity index (χ0n) is 11.3. The third kappa shape index (κ3) is 3.02. The first kappa shape index (κ1) is 14.6. The average Bonchev–Trinajstić information content (AvgIpc) is 2.95. The molecule has 0 saturated carbocycles. The highest BCUT2D eigenvalue weighted by Gasteiger charge is 2.19. The second-order valence-electron chi connectivity index (χ2n) is 4.55. The van der Waals surface area contributed by atoms with E-state index in [9.17, 15) is 9.18 Å². The summed E-state index contributed by atoms with van der Waals surface area (Å²) in [5.41, 5.74) is 6.73. The number of thiazole rings is 1. The fourth-order valence-corrected chi connectivity index (χ4v) is 2.44. The molecule has 0 aliphatic rings. The number of carbonyl (C=O) groups excluding carboxylic acids is 1. The molecular weight excluding hydrogens is 277 g/mol. The van der Waals surface area contributed by atoms with Crippen LogP contribution in [0.25, 0.3) is 10.6 Å². The lowest BCUT2D eigenvalue weighted by Crippen LogP contribution is -2.39. The quantitative estimate of drug-likeness (QED) is 0.941. The van der Waals surface area contributed by atoms with E-state index in [-0.39, 0.29) is 17.8 Å². The number of hydrogen-bond donors (Lipinski definition) is 1. The zero-order chi connectivity index (χ0) is 14.7.